The molecule has 0 unspecified atom stereocenters. The second-order valence-electron chi connectivity index (χ2n) is 3.56. The number of hydrogen-bond acceptors (Lipinski definition) is 4. The van der Waals surface area contributed by atoms with Crippen molar-refractivity contribution in [2.75, 3.05) is 7.11 Å². The molecular formula is C11H6BrF3N2O2. The number of esters is 1. The number of aromatic nitrogens is 2. The summed E-state index contributed by atoms with van der Waals surface area (Å²) in [6.45, 7) is 0. The van der Waals surface area contributed by atoms with Gasteiger partial charge in [-0.15, -0.1) is 0 Å². The van der Waals surface area contributed by atoms with E-state index < -0.39 is 22.4 Å². The molecule has 1 heterocycles. The predicted molar refractivity (Wildman–Crippen MR) is 63.6 cm³/mol. The van der Waals surface area contributed by atoms with E-state index in [1.54, 1.807) is 0 Å². The first kappa shape index (κ1) is 13.7. The van der Waals surface area contributed by atoms with Gasteiger partial charge in [0.2, 0.25) is 0 Å². The minimum absolute atomic E-state index is 0.0292. The number of nitrogens with zero attached hydrogens (tertiary/aromatic N) is 2. The number of ether oxygens (including phenoxy) is 1. The molecule has 0 N–H and O–H groups in total. The predicted octanol–water partition coefficient (Wildman–Crippen LogP) is 3.20. The van der Waals surface area contributed by atoms with E-state index in [1.165, 1.54) is 25.3 Å². The van der Waals surface area contributed by atoms with Crippen LogP contribution in [0.1, 0.15) is 16.1 Å². The zero-order valence-corrected chi connectivity index (χ0v) is 11.0. The van der Waals surface area contributed by atoms with Gasteiger partial charge < -0.3 is 4.74 Å². The van der Waals surface area contributed by atoms with Crippen LogP contribution in [0.5, 0.6) is 0 Å². The zero-order valence-electron chi connectivity index (χ0n) is 9.45. The van der Waals surface area contributed by atoms with Crippen molar-refractivity contribution in [3.05, 3.63) is 34.1 Å². The first-order valence-electron chi connectivity index (χ1n) is 4.95. The van der Waals surface area contributed by atoms with Crippen molar-refractivity contribution in [1.82, 2.24) is 9.97 Å². The SMILES string of the molecule is COC(=O)c1ccc2nc(Br)c(C(F)(F)F)nc2c1. The molecule has 8 heteroatoms. The average Bonchev–Trinajstić information content (AvgIpc) is 2.35. The minimum Gasteiger partial charge on any atom is -0.465 e. The quantitative estimate of drug-likeness (QED) is 0.751. The van der Waals surface area contributed by atoms with Crippen LogP contribution < -0.4 is 0 Å². The highest BCUT2D eigenvalue weighted by molar-refractivity contribution is 9.10. The lowest BCUT2D eigenvalue weighted by Crippen LogP contribution is -2.11. The van der Waals surface area contributed by atoms with Crippen molar-refractivity contribution in [1.29, 1.82) is 0 Å². The van der Waals surface area contributed by atoms with Gasteiger partial charge in [0.1, 0.15) is 4.60 Å². The molecule has 0 atom stereocenters. The maximum atomic E-state index is 12.7. The van der Waals surface area contributed by atoms with Crippen molar-refractivity contribution in [2.24, 2.45) is 0 Å². The third-order valence-corrected chi connectivity index (χ3v) is 2.86. The van der Waals surface area contributed by atoms with E-state index >= 15 is 0 Å². The number of carbonyl (C=O) groups excluding carboxylic acids is 1. The second-order valence-corrected chi connectivity index (χ2v) is 4.31. The number of fused-ring (bicyclic) bond motifs is 1. The molecule has 0 fully saturated rings. The maximum absolute atomic E-state index is 12.7. The smallest absolute Gasteiger partial charge is 0.436 e. The summed E-state index contributed by atoms with van der Waals surface area (Å²) in [6.07, 6.45) is -4.62. The highest BCUT2D eigenvalue weighted by atomic mass is 79.9. The maximum Gasteiger partial charge on any atom is 0.436 e. The Kier molecular flexibility index (Phi) is 3.44. The van der Waals surface area contributed by atoms with Crippen molar-refractivity contribution in [3.8, 4) is 0 Å². The Morgan fingerprint density at radius 3 is 2.53 bits per heavy atom. The number of hydrogen-bond donors (Lipinski definition) is 0. The fourth-order valence-electron chi connectivity index (χ4n) is 1.46. The molecule has 1 aromatic carbocycles. The number of rotatable bonds is 1. The Balaban J connectivity index is 2.65. The first-order valence-corrected chi connectivity index (χ1v) is 5.75. The molecule has 2 rings (SSSR count). The van der Waals surface area contributed by atoms with Gasteiger partial charge >= 0.3 is 12.1 Å². The van der Waals surface area contributed by atoms with Gasteiger partial charge in [-0.3, -0.25) is 0 Å². The van der Waals surface area contributed by atoms with Crippen molar-refractivity contribution >= 4 is 32.9 Å². The Morgan fingerprint density at radius 2 is 1.95 bits per heavy atom. The van der Waals surface area contributed by atoms with E-state index in [2.05, 4.69) is 30.6 Å². The summed E-state index contributed by atoms with van der Waals surface area (Å²) in [5.41, 5.74) is -0.812. The zero-order chi connectivity index (χ0) is 14.2. The molecule has 19 heavy (non-hydrogen) atoms. The topological polar surface area (TPSA) is 52.1 Å². The standard InChI is InChI=1S/C11H6BrF3N2O2/c1-19-10(18)5-2-3-6-7(4-5)16-8(9(12)17-6)11(13,14)15/h2-4H,1H3. The number of halogens is 4. The summed E-state index contributed by atoms with van der Waals surface area (Å²) in [5, 5.41) is 0. The molecule has 2 aromatic rings. The van der Waals surface area contributed by atoms with Crippen LogP contribution in [-0.2, 0) is 10.9 Å². The molecule has 0 aliphatic carbocycles. The fraction of sp³-hybridized carbons (Fsp3) is 0.182. The van der Waals surface area contributed by atoms with E-state index in [0.717, 1.165) is 0 Å². The molecule has 0 radical (unpaired) electrons. The second kappa shape index (κ2) is 4.76. The van der Waals surface area contributed by atoms with Gasteiger partial charge in [-0.2, -0.15) is 13.2 Å². The largest absolute Gasteiger partial charge is 0.465 e. The van der Waals surface area contributed by atoms with Gasteiger partial charge in [0.05, 0.1) is 23.7 Å². The van der Waals surface area contributed by atoms with Gasteiger partial charge in [-0.25, -0.2) is 14.8 Å². The van der Waals surface area contributed by atoms with Crippen LogP contribution in [0, 0.1) is 0 Å². The molecule has 0 bridgehead atoms. The minimum atomic E-state index is -4.62. The van der Waals surface area contributed by atoms with Crippen molar-refractivity contribution in [3.63, 3.8) is 0 Å². The summed E-state index contributed by atoms with van der Waals surface area (Å²) < 4.78 is 42.1. The number of methoxy groups -OCH3 is 1. The lowest BCUT2D eigenvalue weighted by molar-refractivity contribution is -0.141. The average molecular weight is 335 g/mol. The number of alkyl halides is 3. The molecule has 0 saturated carbocycles. The van der Waals surface area contributed by atoms with Crippen LogP contribution in [0.2, 0.25) is 0 Å². The van der Waals surface area contributed by atoms with Gasteiger partial charge in [0.25, 0.3) is 0 Å². The Hall–Kier alpha value is -1.70. The third-order valence-electron chi connectivity index (χ3n) is 2.31. The molecule has 0 aliphatic heterocycles. The Morgan fingerprint density at radius 1 is 1.26 bits per heavy atom. The lowest BCUT2D eigenvalue weighted by atomic mass is 10.2. The molecule has 0 saturated heterocycles. The summed E-state index contributed by atoms with van der Waals surface area (Å²) in [7, 11) is 1.18. The van der Waals surface area contributed by atoms with Gasteiger partial charge in [0, 0.05) is 0 Å². The van der Waals surface area contributed by atoms with Gasteiger partial charge in [-0.05, 0) is 34.1 Å². The summed E-state index contributed by atoms with van der Waals surface area (Å²) in [5.74, 6) is -0.653. The first-order chi connectivity index (χ1) is 8.82. The summed E-state index contributed by atoms with van der Waals surface area (Å²) in [6, 6.07) is 4.01. The third kappa shape index (κ3) is 2.67. The van der Waals surface area contributed by atoms with Crippen LogP contribution >= 0.6 is 15.9 Å². The highest BCUT2D eigenvalue weighted by Gasteiger charge is 2.36. The number of carbonyl (C=O) groups is 1. The Bertz CT molecular complexity index is 658. The summed E-state index contributed by atoms with van der Waals surface area (Å²) >= 11 is 2.73. The molecule has 1 aromatic heterocycles. The molecule has 4 nitrogen and oxygen atoms in total. The van der Waals surface area contributed by atoms with Gasteiger partial charge in [0.15, 0.2) is 5.69 Å². The molecule has 0 spiro atoms. The lowest BCUT2D eigenvalue weighted by Gasteiger charge is -2.09. The van der Waals surface area contributed by atoms with Crippen LogP contribution in [-0.4, -0.2) is 23.0 Å². The Labute approximate surface area is 113 Å². The van der Waals surface area contributed by atoms with E-state index in [4.69, 9.17) is 0 Å². The van der Waals surface area contributed by atoms with Crippen molar-refractivity contribution in [2.45, 2.75) is 6.18 Å². The van der Waals surface area contributed by atoms with E-state index in [9.17, 15) is 18.0 Å². The van der Waals surface area contributed by atoms with Crippen LogP contribution in [0.4, 0.5) is 13.2 Å². The van der Waals surface area contributed by atoms with Crippen LogP contribution in [0.25, 0.3) is 11.0 Å². The molecule has 100 valence electrons. The summed E-state index contributed by atoms with van der Waals surface area (Å²) in [4.78, 5) is 18.5. The van der Waals surface area contributed by atoms with E-state index in [0.29, 0.717) is 0 Å². The number of benzene rings is 1. The highest BCUT2D eigenvalue weighted by Crippen LogP contribution is 2.33. The van der Waals surface area contributed by atoms with Gasteiger partial charge in [-0.1, -0.05) is 0 Å². The van der Waals surface area contributed by atoms with Crippen molar-refractivity contribution < 1.29 is 22.7 Å². The van der Waals surface area contributed by atoms with E-state index in [-0.39, 0.29) is 16.6 Å². The van der Waals surface area contributed by atoms with Crippen LogP contribution in [0.3, 0.4) is 0 Å². The monoisotopic (exact) mass is 334 g/mol. The van der Waals surface area contributed by atoms with Crippen LogP contribution in [0.15, 0.2) is 22.8 Å². The molecular weight excluding hydrogens is 329 g/mol. The fourth-order valence-corrected chi connectivity index (χ4v) is 1.96. The molecule has 0 aliphatic rings. The normalized spacial score (nSPS) is 11.6. The molecule has 0 amide bonds. The van der Waals surface area contributed by atoms with E-state index in [1.807, 2.05) is 0 Å².